The van der Waals surface area contributed by atoms with Crippen LogP contribution in [-0.4, -0.2) is 41.2 Å². The lowest BCUT2D eigenvalue weighted by atomic mass is 9.67. The Balaban J connectivity index is 1.68. The molecule has 2 N–H and O–H groups in total. The molecule has 0 amide bonds. The van der Waals surface area contributed by atoms with Crippen LogP contribution in [0.4, 0.5) is 11.4 Å². The SMILES string of the molecule is O=C1C=C2SC3CC2(c2c(c(O)c4c5c2=NCCC=5C=N4)N3)C2OC12. The summed E-state index contributed by atoms with van der Waals surface area (Å²) in [7, 11) is 0. The van der Waals surface area contributed by atoms with Gasteiger partial charge in [0.1, 0.15) is 17.9 Å². The third-order valence-corrected chi connectivity index (χ3v) is 7.55. The number of anilines is 1. The van der Waals surface area contributed by atoms with Crippen molar-refractivity contribution in [3.05, 3.63) is 27.1 Å². The van der Waals surface area contributed by atoms with Gasteiger partial charge in [-0.1, -0.05) is 0 Å². The number of phenols is 1. The summed E-state index contributed by atoms with van der Waals surface area (Å²) in [6.07, 6.45) is 4.87. The van der Waals surface area contributed by atoms with Gasteiger partial charge in [-0.3, -0.25) is 14.8 Å². The highest BCUT2D eigenvalue weighted by atomic mass is 32.2. The quantitative estimate of drug-likeness (QED) is 0.529. The number of carbonyl (C=O) groups excluding carboxylic acids is 1. The topological polar surface area (TPSA) is 86.6 Å². The van der Waals surface area contributed by atoms with Crippen LogP contribution in [0.25, 0.3) is 5.57 Å². The Kier molecular flexibility index (Phi) is 2.01. The molecular formula is C18H13N3O3S. The van der Waals surface area contributed by atoms with Gasteiger partial charge in [0.05, 0.1) is 21.8 Å². The maximum absolute atomic E-state index is 12.2. The third-order valence-electron chi connectivity index (χ3n) is 6.24. The van der Waals surface area contributed by atoms with Crippen LogP contribution in [0.1, 0.15) is 18.4 Å². The van der Waals surface area contributed by atoms with Crippen molar-refractivity contribution in [1.29, 1.82) is 0 Å². The van der Waals surface area contributed by atoms with E-state index < -0.39 is 0 Å². The lowest BCUT2D eigenvalue weighted by Gasteiger charge is -2.36. The number of phenolic OH excluding ortho intramolecular Hbond substituents is 1. The van der Waals surface area contributed by atoms with Crippen LogP contribution in [0.3, 0.4) is 0 Å². The Hall–Kier alpha value is -2.12. The number of benzene rings is 1. The summed E-state index contributed by atoms with van der Waals surface area (Å²) in [5.74, 6) is 0.274. The van der Waals surface area contributed by atoms with Crippen molar-refractivity contribution in [1.82, 2.24) is 0 Å². The average molecular weight is 351 g/mol. The van der Waals surface area contributed by atoms with E-state index in [1.165, 1.54) is 0 Å². The zero-order valence-electron chi connectivity index (χ0n) is 13.1. The van der Waals surface area contributed by atoms with E-state index >= 15 is 0 Å². The first-order valence-electron chi connectivity index (χ1n) is 8.54. The minimum Gasteiger partial charge on any atom is -0.504 e. The smallest absolute Gasteiger partial charge is 0.187 e. The minimum absolute atomic E-state index is 0.0683. The lowest BCUT2D eigenvalue weighted by molar-refractivity contribution is -0.115. The Morgan fingerprint density at radius 2 is 2.36 bits per heavy atom. The third kappa shape index (κ3) is 1.29. The number of nitrogens with one attached hydrogen (secondary N) is 1. The number of hydrogen-bond donors (Lipinski definition) is 2. The highest BCUT2D eigenvalue weighted by Crippen LogP contribution is 2.65. The fourth-order valence-corrected chi connectivity index (χ4v) is 6.72. The molecule has 2 saturated heterocycles. The summed E-state index contributed by atoms with van der Waals surface area (Å²) in [4.78, 5) is 22.6. The number of ether oxygens (including phenoxy) is 1. The minimum atomic E-state index is -0.356. The number of thioether (sulfide) groups is 1. The number of aliphatic imine (C=N–C) groups is 1. The van der Waals surface area contributed by atoms with Gasteiger partial charge in [-0.05, 0) is 24.5 Å². The molecule has 1 aromatic rings. The molecule has 1 aliphatic carbocycles. The molecule has 0 saturated carbocycles. The molecule has 25 heavy (non-hydrogen) atoms. The first-order valence-corrected chi connectivity index (χ1v) is 9.42. The Morgan fingerprint density at radius 3 is 3.28 bits per heavy atom. The molecular weight excluding hydrogens is 338 g/mol. The lowest BCUT2D eigenvalue weighted by Crippen LogP contribution is -2.49. The van der Waals surface area contributed by atoms with E-state index in [0.29, 0.717) is 5.69 Å². The van der Waals surface area contributed by atoms with E-state index in [1.807, 2.05) is 6.21 Å². The van der Waals surface area contributed by atoms with Gasteiger partial charge in [0.2, 0.25) is 0 Å². The number of epoxide rings is 1. The number of hydrogen-bond acceptors (Lipinski definition) is 7. The van der Waals surface area contributed by atoms with Crippen LogP contribution in [0.2, 0.25) is 0 Å². The second-order valence-electron chi connectivity index (χ2n) is 7.40. The van der Waals surface area contributed by atoms with Gasteiger partial charge < -0.3 is 15.2 Å². The van der Waals surface area contributed by atoms with Crippen LogP contribution in [0.15, 0.2) is 21.0 Å². The number of rotatable bonds is 0. The monoisotopic (exact) mass is 351 g/mol. The van der Waals surface area contributed by atoms with E-state index in [1.54, 1.807) is 17.8 Å². The molecule has 124 valence electrons. The van der Waals surface area contributed by atoms with E-state index in [4.69, 9.17) is 9.73 Å². The molecule has 5 heterocycles. The van der Waals surface area contributed by atoms with Crippen LogP contribution < -0.4 is 15.9 Å². The summed E-state index contributed by atoms with van der Waals surface area (Å²) in [5.41, 5.74) is 3.17. The summed E-state index contributed by atoms with van der Waals surface area (Å²) in [6, 6.07) is 0. The molecule has 4 atom stereocenters. The van der Waals surface area contributed by atoms with Gasteiger partial charge in [-0.25, -0.2) is 0 Å². The van der Waals surface area contributed by atoms with Crippen LogP contribution in [0.5, 0.6) is 5.75 Å². The molecule has 6 aliphatic rings. The summed E-state index contributed by atoms with van der Waals surface area (Å²) in [5, 5.41) is 16.5. The number of carbonyl (C=O) groups is 1. The van der Waals surface area contributed by atoms with Crippen LogP contribution in [0, 0.1) is 0 Å². The van der Waals surface area contributed by atoms with Crippen molar-refractivity contribution >= 4 is 40.7 Å². The summed E-state index contributed by atoms with van der Waals surface area (Å²) < 4.78 is 5.84. The van der Waals surface area contributed by atoms with Gasteiger partial charge >= 0.3 is 0 Å². The van der Waals surface area contributed by atoms with E-state index in [2.05, 4.69) is 10.3 Å². The van der Waals surface area contributed by atoms with Gasteiger partial charge in [0, 0.05) is 28.4 Å². The molecule has 2 fully saturated rings. The zero-order chi connectivity index (χ0) is 16.5. The maximum Gasteiger partial charge on any atom is 0.187 e. The second kappa shape index (κ2) is 3.83. The molecule has 5 aliphatic heterocycles. The first-order chi connectivity index (χ1) is 12.2. The van der Waals surface area contributed by atoms with Crippen LogP contribution in [-0.2, 0) is 14.9 Å². The standard InChI is InChI=1S/C18H13N3O3S/c22-7-3-8-18(17-16(7)24-17)4-9(25-8)21-14-11(18)12-10-6(1-2-19-12)5-20-13(10)15(14)23/h3,5,9,16-17,21,23H,1-2,4H2. The number of nitrogens with zero attached hydrogens (tertiary/aromatic N) is 2. The molecule has 4 unspecified atom stereocenters. The zero-order valence-corrected chi connectivity index (χ0v) is 13.9. The van der Waals surface area contributed by atoms with Crippen LogP contribution >= 0.6 is 11.8 Å². The molecule has 7 heteroatoms. The predicted octanol–water partition coefficient (Wildman–Crippen LogP) is 0.642. The van der Waals surface area contributed by atoms with Crippen molar-refractivity contribution in [2.45, 2.75) is 35.8 Å². The van der Waals surface area contributed by atoms with Crippen molar-refractivity contribution in [3.63, 3.8) is 0 Å². The van der Waals surface area contributed by atoms with E-state index in [-0.39, 0.29) is 34.5 Å². The predicted molar refractivity (Wildman–Crippen MR) is 93.0 cm³/mol. The van der Waals surface area contributed by atoms with Gasteiger partial charge in [0.15, 0.2) is 11.5 Å². The molecule has 1 spiro atoms. The number of aromatic hydroxyl groups is 1. The summed E-state index contributed by atoms with van der Waals surface area (Å²) >= 11 is 1.68. The average Bonchev–Trinajstić information content (AvgIpc) is 3.23. The second-order valence-corrected chi connectivity index (χ2v) is 8.65. The Bertz CT molecular complexity index is 1120. The first kappa shape index (κ1) is 13.1. The molecule has 0 aromatic heterocycles. The highest BCUT2D eigenvalue weighted by molar-refractivity contribution is 8.04. The fraction of sp³-hybridized carbons (Fsp3) is 0.389. The normalized spacial score (nSPS) is 37.4. The van der Waals surface area contributed by atoms with Gasteiger partial charge in [-0.2, -0.15) is 0 Å². The fourth-order valence-electron chi connectivity index (χ4n) is 5.19. The maximum atomic E-state index is 12.2. The van der Waals surface area contributed by atoms with Crippen molar-refractivity contribution in [3.8, 4) is 5.75 Å². The van der Waals surface area contributed by atoms with Crippen molar-refractivity contribution < 1.29 is 14.6 Å². The Labute approximate surface area is 146 Å². The molecule has 6 nitrogen and oxygen atoms in total. The van der Waals surface area contributed by atoms with E-state index in [9.17, 15) is 9.90 Å². The van der Waals surface area contributed by atoms with E-state index in [0.717, 1.165) is 51.7 Å². The van der Waals surface area contributed by atoms with Crippen molar-refractivity contribution in [2.75, 3.05) is 11.9 Å². The van der Waals surface area contributed by atoms with Crippen molar-refractivity contribution in [2.24, 2.45) is 9.98 Å². The number of fused-ring (bicyclic) bond motifs is 4. The highest BCUT2D eigenvalue weighted by Gasteiger charge is 2.68. The Morgan fingerprint density at radius 1 is 1.44 bits per heavy atom. The molecule has 7 rings (SSSR count). The summed E-state index contributed by atoms with van der Waals surface area (Å²) in [6.45, 7) is 0.727. The molecule has 1 aromatic carbocycles. The number of ketones is 1. The molecule has 0 radical (unpaired) electrons. The largest absolute Gasteiger partial charge is 0.504 e. The van der Waals surface area contributed by atoms with Gasteiger partial charge in [-0.15, -0.1) is 11.8 Å². The molecule has 2 bridgehead atoms. The van der Waals surface area contributed by atoms with Gasteiger partial charge in [0.25, 0.3) is 0 Å².